The summed E-state index contributed by atoms with van der Waals surface area (Å²) in [6, 6.07) is 18.7. The van der Waals surface area contributed by atoms with Crippen LogP contribution in [0.3, 0.4) is 0 Å². The molecule has 3 aromatic carbocycles. The molecule has 0 atom stereocenters. The fraction of sp³-hybridized carbons (Fsp3) is 0.182. The minimum atomic E-state index is -0.508. The van der Waals surface area contributed by atoms with Gasteiger partial charge in [-0.1, -0.05) is 42.5 Å². The summed E-state index contributed by atoms with van der Waals surface area (Å²) in [5.74, 6) is 0.578. The van der Waals surface area contributed by atoms with E-state index in [1.54, 1.807) is 18.2 Å². The van der Waals surface area contributed by atoms with E-state index in [-0.39, 0.29) is 13.2 Å². The zero-order valence-electron chi connectivity index (χ0n) is 16.2. The van der Waals surface area contributed by atoms with Crippen molar-refractivity contribution in [1.82, 2.24) is 10.9 Å². The lowest BCUT2D eigenvalue weighted by Gasteiger charge is -2.12. The van der Waals surface area contributed by atoms with Crippen LogP contribution in [-0.4, -0.2) is 32.1 Å². The van der Waals surface area contributed by atoms with Crippen LogP contribution in [0.15, 0.2) is 60.7 Å². The number of aryl methyl sites for hydroxylation is 1. The highest BCUT2D eigenvalue weighted by atomic mass is 16.5. The predicted octanol–water partition coefficient (Wildman–Crippen LogP) is 2.76. The lowest BCUT2D eigenvalue weighted by Crippen LogP contribution is -2.45. The largest absolute Gasteiger partial charge is 0.493 e. The first-order valence-corrected chi connectivity index (χ1v) is 9.02. The summed E-state index contributed by atoms with van der Waals surface area (Å²) in [5.41, 5.74) is 5.60. The van der Waals surface area contributed by atoms with E-state index in [1.165, 1.54) is 7.11 Å². The van der Waals surface area contributed by atoms with E-state index >= 15 is 0 Å². The Morgan fingerprint density at radius 2 is 1.45 bits per heavy atom. The highest BCUT2D eigenvalue weighted by Gasteiger charge is 2.10. The Labute approximate surface area is 168 Å². The molecular weight excluding hydrogens is 372 g/mol. The van der Waals surface area contributed by atoms with Gasteiger partial charge in [0.25, 0.3) is 11.8 Å². The first kappa shape index (κ1) is 20.0. The molecule has 0 aliphatic heterocycles. The van der Waals surface area contributed by atoms with Gasteiger partial charge >= 0.3 is 0 Å². The fourth-order valence-corrected chi connectivity index (χ4v) is 2.71. The third-order valence-electron chi connectivity index (χ3n) is 4.13. The van der Waals surface area contributed by atoms with Crippen LogP contribution in [0.5, 0.6) is 17.2 Å². The van der Waals surface area contributed by atoms with Crippen LogP contribution < -0.4 is 25.1 Å². The van der Waals surface area contributed by atoms with Crippen molar-refractivity contribution < 1.29 is 23.8 Å². The van der Waals surface area contributed by atoms with Crippen molar-refractivity contribution in [2.75, 3.05) is 20.3 Å². The molecule has 0 fully saturated rings. The average molecular weight is 394 g/mol. The maximum Gasteiger partial charge on any atom is 0.276 e. The normalized spacial score (nSPS) is 10.3. The molecule has 0 aliphatic carbocycles. The number of nitrogens with one attached hydrogen (secondary N) is 2. The van der Waals surface area contributed by atoms with E-state index < -0.39 is 11.8 Å². The second kappa shape index (κ2) is 9.45. The second-order valence-electron chi connectivity index (χ2n) is 6.31. The topological polar surface area (TPSA) is 85.9 Å². The monoisotopic (exact) mass is 394 g/mol. The third kappa shape index (κ3) is 5.38. The van der Waals surface area contributed by atoms with Gasteiger partial charge in [0, 0.05) is 5.39 Å². The van der Waals surface area contributed by atoms with Crippen molar-refractivity contribution in [2.45, 2.75) is 6.92 Å². The molecule has 0 saturated heterocycles. The van der Waals surface area contributed by atoms with E-state index in [0.717, 1.165) is 16.3 Å². The summed E-state index contributed by atoms with van der Waals surface area (Å²) in [5, 5.41) is 1.93. The van der Waals surface area contributed by atoms with Crippen molar-refractivity contribution in [1.29, 1.82) is 0 Å². The Morgan fingerprint density at radius 1 is 0.793 bits per heavy atom. The summed E-state index contributed by atoms with van der Waals surface area (Å²) < 4.78 is 16.2. The molecule has 0 bridgehead atoms. The molecule has 7 nitrogen and oxygen atoms in total. The molecule has 0 heterocycles. The molecule has 0 aromatic heterocycles. The van der Waals surface area contributed by atoms with E-state index in [9.17, 15) is 9.59 Å². The Kier molecular flexibility index (Phi) is 6.52. The maximum atomic E-state index is 12.0. The number of rotatable bonds is 7. The van der Waals surface area contributed by atoms with Crippen molar-refractivity contribution in [2.24, 2.45) is 0 Å². The number of hydrogen-bond donors (Lipinski definition) is 2. The highest BCUT2D eigenvalue weighted by Crippen LogP contribution is 2.27. The first-order valence-electron chi connectivity index (χ1n) is 9.02. The number of carbonyl (C=O) groups excluding carboxylic acids is 2. The van der Waals surface area contributed by atoms with Gasteiger partial charge < -0.3 is 14.2 Å². The van der Waals surface area contributed by atoms with Crippen LogP contribution in [0.1, 0.15) is 5.56 Å². The number of hydrogen-bond acceptors (Lipinski definition) is 5. The Hall–Kier alpha value is -3.74. The summed E-state index contributed by atoms with van der Waals surface area (Å²) >= 11 is 0. The number of carbonyl (C=O) groups is 2. The molecule has 7 heteroatoms. The molecule has 0 radical (unpaired) electrons. The van der Waals surface area contributed by atoms with Gasteiger partial charge in [-0.25, -0.2) is 0 Å². The zero-order chi connectivity index (χ0) is 20.6. The lowest BCUT2D eigenvalue weighted by molar-refractivity contribution is -0.131. The van der Waals surface area contributed by atoms with E-state index in [1.807, 2.05) is 49.4 Å². The first-order chi connectivity index (χ1) is 14.1. The highest BCUT2D eigenvalue weighted by molar-refractivity contribution is 5.89. The van der Waals surface area contributed by atoms with E-state index in [0.29, 0.717) is 17.2 Å². The van der Waals surface area contributed by atoms with Crippen LogP contribution in [0.4, 0.5) is 0 Å². The van der Waals surface area contributed by atoms with Gasteiger partial charge in [0.2, 0.25) is 0 Å². The molecule has 2 amide bonds. The standard InChI is InChI=1S/C22H22N2O5/c1-15-10-11-19(20(12-15)27-2)29-14-22(26)24-23-21(25)13-28-18-9-5-7-16-6-3-4-8-17(16)18/h3-12H,13-14H2,1-2H3,(H,23,25)(H,24,26). The quantitative estimate of drug-likeness (QED) is 0.602. The predicted molar refractivity (Wildman–Crippen MR) is 109 cm³/mol. The Bertz CT molecular complexity index is 1010. The smallest absolute Gasteiger partial charge is 0.276 e. The molecule has 3 rings (SSSR count). The summed E-state index contributed by atoms with van der Waals surface area (Å²) in [7, 11) is 1.53. The van der Waals surface area contributed by atoms with Gasteiger partial charge in [0.05, 0.1) is 7.11 Å². The molecular formula is C22H22N2O5. The molecule has 0 unspecified atom stereocenters. The number of hydrazine groups is 1. The molecule has 150 valence electrons. The minimum Gasteiger partial charge on any atom is -0.493 e. The number of benzene rings is 3. The fourth-order valence-electron chi connectivity index (χ4n) is 2.71. The number of fused-ring (bicyclic) bond motifs is 1. The number of amides is 2. The summed E-state index contributed by atoms with van der Waals surface area (Å²) in [4.78, 5) is 23.9. The van der Waals surface area contributed by atoms with Gasteiger partial charge in [-0.15, -0.1) is 0 Å². The molecule has 0 saturated carbocycles. The second-order valence-corrected chi connectivity index (χ2v) is 6.31. The maximum absolute atomic E-state index is 12.0. The van der Waals surface area contributed by atoms with Gasteiger partial charge in [0.1, 0.15) is 5.75 Å². The van der Waals surface area contributed by atoms with Gasteiger partial charge in [0.15, 0.2) is 24.7 Å². The lowest BCUT2D eigenvalue weighted by atomic mass is 10.1. The molecule has 0 spiro atoms. The molecule has 3 aromatic rings. The van der Waals surface area contributed by atoms with Gasteiger partial charge in [-0.2, -0.15) is 0 Å². The van der Waals surface area contributed by atoms with Gasteiger partial charge in [-0.3, -0.25) is 20.4 Å². The van der Waals surface area contributed by atoms with Crippen LogP contribution in [0.2, 0.25) is 0 Å². The summed E-state index contributed by atoms with van der Waals surface area (Å²) in [6.07, 6.45) is 0. The average Bonchev–Trinajstić information content (AvgIpc) is 2.75. The molecule has 29 heavy (non-hydrogen) atoms. The van der Waals surface area contributed by atoms with Crippen molar-refractivity contribution >= 4 is 22.6 Å². The molecule has 0 aliphatic rings. The Balaban J connectivity index is 1.45. The van der Waals surface area contributed by atoms with E-state index in [4.69, 9.17) is 14.2 Å². The van der Waals surface area contributed by atoms with Crippen molar-refractivity contribution in [3.63, 3.8) is 0 Å². The summed E-state index contributed by atoms with van der Waals surface area (Å²) in [6.45, 7) is 1.42. The Morgan fingerprint density at radius 3 is 2.17 bits per heavy atom. The van der Waals surface area contributed by atoms with Crippen LogP contribution >= 0.6 is 0 Å². The van der Waals surface area contributed by atoms with Crippen molar-refractivity contribution in [3.8, 4) is 17.2 Å². The zero-order valence-corrected chi connectivity index (χ0v) is 16.2. The third-order valence-corrected chi connectivity index (χ3v) is 4.13. The molecule has 2 N–H and O–H groups in total. The van der Waals surface area contributed by atoms with Crippen LogP contribution in [0, 0.1) is 6.92 Å². The van der Waals surface area contributed by atoms with Crippen LogP contribution in [-0.2, 0) is 9.59 Å². The number of ether oxygens (including phenoxy) is 3. The van der Waals surface area contributed by atoms with Crippen molar-refractivity contribution in [3.05, 3.63) is 66.2 Å². The SMILES string of the molecule is COc1cc(C)ccc1OCC(=O)NNC(=O)COc1cccc2ccccc12. The number of methoxy groups -OCH3 is 1. The van der Waals surface area contributed by atoms with Crippen LogP contribution in [0.25, 0.3) is 10.8 Å². The minimum absolute atomic E-state index is 0.235. The van der Waals surface area contributed by atoms with E-state index in [2.05, 4.69) is 10.9 Å². The van der Waals surface area contributed by atoms with Gasteiger partial charge in [-0.05, 0) is 36.1 Å².